The van der Waals surface area contributed by atoms with Gasteiger partial charge in [0.2, 0.25) is 5.91 Å². The summed E-state index contributed by atoms with van der Waals surface area (Å²) in [5, 5.41) is 11.7. The first kappa shape index (κ1) is 13.6. The maximum absolute atomic E-state index is 11.9. The van der Waals surface area contributed by atoms with E-state index in [1.54, 1.807) is 0 Å². The number of carbonyl (C=O) groups is 2. The zero-order chi connectivity index (χ0) is 13.8. The Balaban J connectivity index is 1.84. The van der Waals surface area contributed by atoms with E-state index in [2.05, 4.69) is 12.2 Å². The molecule has 4 heteroatoms. The molecule has 0 heterocycles. The molecular weight excluding hydrogens is 242 g/mol. The number of rotatable bonds is 5. The van der Waals surface area contributed by atoms with Crippen molar-refractivity contribution in [3.63, 3.8) is 0 Å². The maximum atomic E-state index is 11.9. The number of aryl methyl sites for hydroxylation is 1. The van der Waals surface area contributed by atoms with E-state index >= 15 is 0 Å². The number of nitrogens with one attached hydrogen (secondary N) is 1. The molecule has 1 fully saturated rings. The van der Waals surface area contributed by atoms with Gasteiger partial charge in [-0.2, -0.15) is 0 Å². The van der Waals surface area contributed by atoms with Crippen LogP contribution in [-0.2, 0) is 22.4 Å². The molecule has 0 saturated heterocycles. The second kappa shape index (κ2) is 5.87. The highest BCUT2D eigenvalue weighted by Gasteiger charge is 2.35. The molecule has 19 heavy (non-hydrogen) atoms. The van der Waals surface area contributed by atoms with Gasteiger partial charge in [0.1, 0.15) is 0 Å². The van der Waals surface area contributed by atoms with Crippen LogP contribution in [0.2, 0.25) is 0 Å². The molecule has 1 amide bonds. The van der Waals surface area contributed by atoms with Crippen molar-refractivity contribution in [3.8, 4) is 0 Å². The second-order valence-electron chi connectivity index (χ2n) is 5.07. The van der Waals surface area contributed by atoms with Crippen molar-refractivity contribution in [1.82, 2.24) is 5.32 Å². The SMILES string of the molecule is CCc1ccccc1CC(=O)NC1CC(C(=O)O)C1. The van der Waals surface area contributed by atoms with Crippen molar-refractivity contribution < 1.29 is 14.7 Å². The predicted molar refractivity (Wildman–Crippen MR) is 71.8 cm³/mol. The van der Waals surface area contributed by atoms with Gasteiger partial charge in [-0.1, -0.05) is 31.2 Å². The summed E-state index contributed by atoms with van der Waals surface area (Å²) in [7, 11) is 0. The predicted octanol–water partition coefficient (Wildman–Crippen LogP) is 1.77. The summed E-state index contributed by atoms with van der Waals surface area (Å²) in [6, 6.07) is 7.95. The minimum absolute atomic E-state index is 0.0188. The molecule has 102 valence electrons. The van der Waals surface area contributed by atoms with Gasteiger partial charge in [0, 0.05) is 6.04 Å². The van der Waals surface area contributed by atoms with Crippen LogP contribution < -0.4 is 5.32 Å². The first-order valence-electron chi connectivity index (χ1n) is 6.69. The molecule has 0 radical (unpaired) electrons. The summed E-state index contributed by atoms with van der Waals surface area (Å²) in [6.45, 7) is 2.07. The van der Waals surface area contributed by atoms with Gasteiger partial charge in [0.15, 0.2) is 0 Å². The smallest absolute Gasteiger partial charge is 0.306 e. The van der Waals surface area contributed by atoms with Crippen LogP contribution in [0, 0.1) is 5.92 Å². The third-order valence-electron chi connectivity index (χ3n) is 3.70. The minimum Gasteiger partial charge on any atom is -0.481 e. The number of amides is 1. The first-order chi connectivity index (χ1) is 9.10. The molecule has 0 spiro atoms. The van der Waals surface area contributed by atoms with Crippen LogP contribution in [0.25, 0.3) is 0 Å². The normalized spacial score (nSPS) is 21.5. The van der Waals surface area contributed by atoms with Crippen LogP contribution in [0.5, 0.6) is 0 Å². The summed E-state index contributed by atoms with van der Waals surface area (Å²) in [4.78, 5) is 22.6. The van der Waals surface area contributed by atoms with Gasteiger partial charge in [-0.25, -0.2) is 0 Å². The zero-order valence-electron chi connectivity index (χ0n) is 11.1. The molecule has 0 aliphatic heterocycles. The molecule has 1 aromatic carbocycles. The molecular formula is C15H19NO3. The Labute approximate surface area is 112 Å². The molecule has 2 rings (SSSR count). The van der Waals surface area contributed by atoms with Gasteiger partial charge in [0.05, 0.1) is 12.3 Å². The summed E-state index contributed by atoms with van der Waals surface area (Å²) in [5.41, 5.74) is 2.24. The molecule has 2 N–H and O–H groups in total. The van der Waals surface area contributed by atoms with E-state index in [-0.39, 0.29) is 17.9 Å². The largest absolute Gasteiger partial charge is 0.481 e. The van der Waals surface area contributed by atoms with Crippen molar-refractivity contribution in [2.24, 2.45) is 5.92 Å². The fourth-order valence-corrected chi connectivity index (χ4v) is 2.46. The highest BCUT2D eigenvalue weighted by atomic mass is 16.4. The standard InChI is InChI=1S/C15H19NO3/c1-2-10-5-3-4-6-11(10)9-14(17)16-13-7-12(8-13)15(18)19/h3-6,12-13H,2,7-9H2,1H3,(H,16,17)(H,18,19). The highest BCUT2D eigenvalue weighted by Crippen LogP contribution is 2.27. The van der Waals surface area contributed by atoms with Gasteiger partial charge in [-0.3, -0.25) is 9.59 Å². The molecule has 0 unspecified atom stereocenters. The average molecular weight is 261 g/mol. The van der Waals surface area contributed by atoms with Crippen molar-refractivity contribution in [1.29, 1.82) is 0 Å². The lowest BCUT2D eigenvalue weighted by atomic mass is 9.80. The van der Waals surface area contributed by atoms with Crippen molar-refractivity contribution in [2.75, 3.05) is 0 Å². The Bertz CT molecular complexity index is 478. The van der Waals surface area contributed by atoms with Crippen LogP contribution in [0.15, 0.2) is 24.3 Å². The van der Waals surface area contributed by atoms with Gasteiger partial charge in [-0.05, 0) is 30.4 Å². The van der Waals surface area contributed by atoms with E-state index in [0.717, 1.165) is 12.0 Å². The lowest BCUT2D eigenvalue weighted by Crippen LogP contribution is -2.47. The number of carboxylic acid groups (broad SMARTS) is 1. The Morgan fingerprint density at radius 1 is 1.26 bits per heavy atom. The topological polar surface area (TPSA) is 66.4 Å². The van der Waals surface area contributed by atoms with Crippen molar-refractivity contribution in [3.05, 3.63) is 35.4 Å². The molecule has 1 aliphatic carbocycles. The van der Waals surface area contributed by atoms with Crippen LogP contribution in [0.3, 0.4) is 0 Å². The lowest BCUT2D eigenvalue weighted by molar-refractivity contribution is -0.146. The van der Waals surface area contributed by atoms with Gasteiger partial charge in [-0.15, -0.1) is 0 Å². The van der Waals surface area contributed by atoms with E-state index in [9.17, 15) is 9.59 Å². The Kier molecular flexibility index (Phi) is 4.20. The monoisotopic (exact) mass is 261 g/mol. The number of carbonyl (C=O) groups excluding carboxylic acids is 1. The molecule has 0 bridgehead atoms. The van der Waals surface area contributed by atoms with E-state index in [4.69, 9.17) is 5.11 Å². The summed E-state index contributed by atoms with van der Waals surface area (Å²) >= 11 is 0. The molecule has 1 aromatic rings. The zero-order valence-corrected chi connectivity index (χ0v) is 11.1. The van der Waals surface area contributed by atoms with Gasteiger partial charge in [0.25, 0.3) is 0 Å². The Hall–Kier alpha value is -1.84. The summed E-state index contributed by atoms with van der Waals surface area (Å²) in [6.07, 6.45) is 2.39. The molecule has 0 aromatic heterocycles. The van der Waals surface area contributed by atoms with Gasteiger partial charge < -0.3 is 10.4 Å². The third kappa shape index (κ3) is 3.34. The van der Waals surface area contributed by atoms with Crippen molar-refractivity contribution in [2.45, 2.75) is 38.6 Å². The fourth-order valence-electron chi connectivity index (χ4n) is 2.46. The van der Waals surface area contributed by atoms with E-state index < -0.39 is 5.97 Å². The van der Waals surface area contributed by atoms with Crippen LogP contribution >= 0.6 is 0 Å². The first-order valence-corrected chi connectivity index (χ1v) is 6.69. The quantitative estimate of drug-likeness (QED) is 0.849. The Morgan fingerprint density at radius 2 is 1.89 bits per heavy atom. The molecule has 4 nitrogen and oxygen atoms in total. The van der Waals surface area contributed by atoms with E-state index in [1.807, 2.05) is 24.3 Å². The molecule has 1 aliphatic rings. The number of benzene rings is 1. The van der Waals surface area contributed by atoms with E-state index in [1.165, 1.54) is 5.56 Å². The van der Waals surface area contributed by atoms with Crippen LogP contribution in [-0.4, -0.2) is 23.0 Å². The number of carboxylic acids is 1. The van der Waals surface area contributed by atoms with Gasteiger partial charge >= 0.3 is 5.97 Å². The maximum Gasteiger partial charge on any atom is 0.306 e. The minimum atomic E-state index is -0.762. The Morgan fingerprint density at radius 3 is 2.47 bits per heavy atom. The third-order valence-corrected chi connectivity index (χ3v) is 3.70. The summed E-state index contributed by atoms with van der Waals surface area (Å²) in [5.74, 6) is -1.07. The van der Waals surface area contributed by atoms with Crippen LogP contribution in [0.4, 0.5) is 0 Å². The second-order valence-corrected chi connectivity index (χ2v) is 5.07. The number of aliphatic carboxylic acids is 1. The molecule has 1 saturated carbocycles. The molecule has 0 atom stereocenters. The number of hydrogen-bond acceptors (Lipinski definition) is 2. The number of hydrogen-bond donors (Lipinski definition) is 2. The highest BCUT2D eigenvalue weighted by molar-refractivity contribution is 5.80. The fraction of sp³-hybridized carbons (Fsp3) is 0.467. The van der Waals surface area contributed by atoms with Crippen LogP contribution in [0.1, 0.15) is 30.9 Å². The van der Waals surface area contributed by atoms with E-state index in [0.29, 0.717) is 19.3 Å². The summed E-state index contributed by atoms with van der Waals surface area (Å²) < 4.78 is 0. The van der Waals surface area contributed by atoms with Crippen molar-refractivity contribution >= 4 is 11.9 Å². The lowest BCUT2D eigenvalue weighted by Gasteiger charge is -2.32. The average Bonchev–Trinajstić information content (AvgIpc) is 2.33.